The summed E-state index contributed by atoms with van der Waals surface area (Å²) in [5.74, 6) is -0.759. The number of aryl methyl sites for hydroxylation is 1. The SMILES string of the molecule is COc1ccc(N2C[C@@H](C(=O)NNC(=O)c3cccc(C)c3)CC2=O)cc1. The second-order valence-corrected chi connectivity index (χ2v) is 6.42. The summed E-state index contributed by atoms with van der Waals surface area (Å²) in [6.45, 7) is 2.14. The minimum atomic E-state index is -0.530. The highest BCUT2D eigenvalue weighted by atomic mass is 16.5. The van der Waals surface area contributed by atoms with Gasteiger partial charge in [-0.15, -0.1) is 0 Å². The molecule has 7 heteroatoms. The fourth-order valence-corrected chi connectivity index (χ4v) is 2.97. The zero-order chi connectivity index (χ0) is 19.4. The van der Waals surface area contributed by atoms with Crippen LogP contribution in [0.3, 0.4) is 0 Å². The number of benzene rings is 2. The molecule has 0 radical (unpaired) electrons. The molecule has 27 heavy (non-hydrogen) atoms. The molecule has 1 heterocycles. The molecule has 1 saturated heterocycles. The van der Waals surface area contributed by atoms with Gasteiger partial charge < -0.3 is 9.64 Å². The number of hydrogen-bond acceptors (Lipinski definition) is 4. The van der Waals surface area contributed by atoms with E-state index in [2.05, 4.69) is 10.9 Å². The Bertz CT molecular complexity index is 864. The summed E-state index contributed by atoms with van der Waals surface area (Å²) >= 11 is 0. The third kappa shape index (κ3) is 4.25. The van der Waals surface area contributed by atoms with Crippen molar-refractivity contribution in [2.45, 2.75) is 13.3 Å². The first kappa shape index (κ1) is 18.4. The van der Waals surface area contributed by atoms with Crippen molar-refractivity contribution in [3.05, 3.63) is 59.7 Å². The normalized spacial score (nSPS) is 16.1. The summed E-state index contributed by atoms with van der Waals surface area (Å²) in [5.41, 5.74) is 6.93. The molecule has 0 spiro atoms. The van der Waals surface area contributed by atoms with Crippen LogP contribution in [0, 0.1) is 12.8 Å². The molecule has 0 aliphatic carbocycles. The molecule has 2 aromatic rings. The Kier molecular flexibility index (Phi) is 5.40. The highest BCUT2D eigenvalue weighted by molar-refractivity contribution is 6.01. The fraction of sp³-hybridized carbons (Fsp3) is 0.250. The van der Waals surface area contributed by atoms with Crippen molar-refractivity contribution in [3.63, 3.8) is 0 Å². The van der Waals surface area contributed by atoms with E-state index in [1.807, 2.05) is 13.0 Å². The van der Waals surface area contributed by atoms with Gasteiger partial charge in [-0.2, -0.15) is 0 Å². The minimum absolute atomic E-state index is 0.0954. The Morgan fingerprint density at radius 3 is 2.52 bits per heavy atom. The van der Waals surface area contributed by atoms with Crippen LogP contribution in [0.5, 0.6) is 5.75 Å². The van der Waals surface area contributed by atoms with Crippen LogP contribution < -0.4 is 20.5 Å². The zero-order valence-electron chi connectivity index (χ0n) is 15.2. The minimum Gasteiger partial charge on any atom is -0.497 e. The zero-order valence-corrected chi connectivity index (χ0v) is 15.2. The van der Waals surface area contributed by atoms with Gasteiger partial charge in [0.15, 0.2) is 0 Å². The molecule has 3 rings (SSSR count). The fourth-order valence-electron chi connectivity index (χ4n) is 2.97. The molecule has 1 atom stereocenters. The van der Waals surface area contributed by atoms with Crippen LogP contribution in [0.1, 0.15) is 22.3 Å². The van der Waals surface area contributed by atoms with Crippen LogP contribution in [0.25, 0.3) is 0 Å². The van der Waals surface area contributed by atoms with Gasteiger partial charge in [-0.1, -0.05) is 17.7 Å². The van der Waals surface area contributed by atoms with Crippen molar-refractivity contribution in [2.75, 3.05) is 18.6 Å². The Morgan fingerprint density at radius 1 is 1.11 bits per heavy atom. The molecule has 140 valence electrons. The predicted molar refractivity (Wildman–Crippen MR) is 100 cm³/mol. The second-order valence-electron chi connectivity index (χ2n) is 6.42. The first-order valence-corrected chi connectivity index (χ1v) is 8.59. The van der Waals surface area contributed by atoms with E-state index < -0.39 is 11.8 Å². The van der Waals surface area contributed by atoms with E-state index in [-0.39, 0.29) is 24.8 Å². The first-order valence-electron chi connectivity index (χ1n) is 8.59. The van der Waals surface area contributed by atoms with Crippen molar-refractivity contribution in [1.82, 2.24) is 10.9 Å². The lowest BCUT2D eigenvalue weighted by Crippen LogP contribution is -2.45. The lowest BCUT2D eigenvalue weighted by molar-refractivity contribution is -0.126. The van der Waals surface area contributed by atoms with Gasteiger partial charge in [0, 0.05) is 24.2 Å². The van der Waals surface area contributed by atoms with E-state index in [0.29, 0.717) is 17.0 Å². The van der Waals surface area contributed by atoms with E-state index in [1.54, 1.807) is 54.5 Å². The number of methoxy groups -OCH3 is 1. The van der Waals surface area contributed by atoms with Gasteiger partial charge in [0.1, 0.15) is 5.75 Å². The summed E-state index contributed by atoms with van der Waals surface area (Å²) in [5, 5.41) is 0. The van der Waals surface area contributed by atoms with E-state index in [9.17, 15) is 14.4 Å². The Balaban J connectivity index is 1.57. The second kappa shape index (κ2) is 7.90. The van der Waals surface area contributed by atoms with E-state index in [4.69, 9.17) is 4.74 Å². The molecule has 0 unspecified atom stereocenters. The molecule has 2 aromatic carbocycles. The summed E-state index contributed by atoms with van der Waals surface area (Å²) in [7, 11) is 1.57. The van der Waals surface area contributed by atoms with Crippen molar-refractivity contribution < 1.29 is 19.1 Å². The molecule has 0 saturated carbocycles. The van der Waals surface area contributed by atoms with Crippen molar-refractivity contribution in [3.8, 4) is 5.75 Å². The number of ether oxygens (including phenoxy) is 1. The third-order valence-electron chi connectivity index (χ3n) is 4.46. The van der Waals surface area contributed by atoms with Gasteiger partial charge in [0.25, 0.3) is 5.91 Å². The number of rotatable bonds is 4. The van der Waals surface area contributed by atoms with Crippen LogP contribution in [0.2, 0.25) is 0 Å². The lowest BCUT2D eigenvalue weighted by atomic mass is 10.1. The predicted octanol–water partition coefficient (Wildman–Crippen LogP) is 1.82. The number of hydrogen-bond donors (Lipinski definition) is 2. The topological polar surface area (TPSA) is 87.7 Å². The number of amides is 3. The number of anilines is 1. The number of nitrogens with one attached hydrogen (secondary N) is 2. The highest BCUT2D eigenvalue weighted by Crippen LogP contribution is 2.26. The van der Waals surface area contributed by atoms with Gasteiger partial charge in [-0.05, 0) is 43.3 Å². The molecular formula is C20H21N3O4. The molecule has 2 N–H and O–H groups in total. The summed E-state index contributed by atoms with van der Waals surface area (Å²) in [6.07, 6.45) is 0.0954. The van der Waals surface area contributed by atoms with Crippen LogP contribution >= 0.6 is 0 Å². The van der Waals surface area contributed by atoms with Gasteiger partial charge >= 0.3 is 0 Å². The van der Waals surface area contributed by atoms with Crippen LogP contribution in [0.4, 0.5) is 5.69 Å². The van der Waals surface area contributed by atoms with Crippen LogP contribution in [-0.4, -0.2) is 31.4 Å². The smallest absolute Gasteiger partial charge is 0.269 e. The molecule has 7 nitrogen and oxygen atoms in total. The molecule has 1 fully saturated rings. The lowest BCUT2D eigenvalue weighted by Gasteiger charge is -2.17. The number of hydrazine groups is 1. The molecule has 3 amide bonds. The summed E-state index contributed by atoms with van der Waals surface area (Å²) in [4.78, 5) is 38.3. The Labute approximate surface area is 157 Å². The first-order chi connectivity index (χ1) is 13.0. The monoisotopic (exact) mass is 367 g/mol. The van der Waals surface area contributed by atoms with Crippen molar-refractivity contribution in [1.29, 1.82) is 0 Å². The van der Waals surface area contributed by atoms with Gasteiger partial charge in [0.05, 0.1) is 13.0 Å². The van der Waals surface area contributed by atoms with Gasteiger partial charge in [0.2, 0.25) is 11.8 Å². The van der Waals surface area contributed by atoms with Crippen LogP contribution in [0.15, 0.2) is 48.5 Å². The largest absolute Gasteiger partial charge is 0.497 e. The maximum absolute atomic E-state index is 12.3. The highest BCUT2D eigenvalue weighted by Gasteiger charge is 2.35. The molecule has 1 aliphatic heterocycles. The van der Waals surface area contributed by atoms with Gasteiger partial charge in [-0.25, -0.2) is 0 Å². The van der Waals surface area contributed by atoms with Crippen molar-refractivity contribution >= 4 is 23.4 Å². The average molecular weight is 367 g/mol. The van der Waals surface area contributed by atoms with E-state index >= 15 is 0 Å². The standard InChI is InChI=1S/C20H21N3O4/c1-13-4-3-5-14(10-13)19(25)21-22-20(26)15-11-18(24)23(12-15)16-6-8-17(27-2)9-7-16/h3-10,15H,11-12H2,1-2H3,(H,21,25)(H,22,26)/t15-/m0/s1. The maximum Gasteiger partial charge on any atom is 0.269 e. The molecule has 1 aliphatic rings. The summed E-state index contributed by atoms with van der Waals surface area (Å²) in [6, 6.07) is 14.1. The van der Waals surface area contributed by atoms with Crippen LogP contribution in [-0.2, 0) is 9.59 Å². The number of carbonyl (C=O) groups excluding carboxylic acids is 3. The average Bonchev–Trinajstić information content (AvgIpc) is 3.07. The quantitative estimate of drug-likeness (QED) is 0.807. The molecular weight excluding hydrogens is 346 g/mol. The number of carbonyl (C=O) groups is 3. The number of nitrogens with zero attached hydrogens (tertiary/aromatic N) is 1. The van der Waals surface area contributed by atoms with Gasteiger partial charge in [-0.3, -0.25) is 25.2 Å². The molecule has 0 bridgehead atoms. The molecule has 0 aromatic heterocycles. The van der Waals surface area contributed by atoms with E-state index in [1.165, 1.54) is 0 Å². The third-order valence-corrected chi connectivity index (χ3v) is 4.46. The Morgan fingerprint density at radius 2 is 1.85 bits per heavy atom. The summed E-state index contributed by atoms with van der Waals surface area (Å²) < 4.78 is 5.11. The maximum atomic E-state index is 12.3. The Hall–Kier alpha value is -3.35. The van der Waals surface area contributed by atoms with Crippen molar-refractivity contribution in [2.24, 2.45) is 5.92 Å². The van der Waals surface area contributed by atoms with E-state index in [0.717, 1.165) is 5.56 Å².